The first kappa shape index (κ1) is 13.9. The average Bonchev–Trinajstić information content (AvgIpc) is 2.35. The molecule has 0 aliphatic heterocycles. The van der Waals surface area contributed by atoms with Crippen LogP contribution in [0, 0.1) is 11.8 Å². The Hall–Kier alpha value is -1.17. The van der Waals surface area contributed by atoms with E-state index in [2.05, 4.69) is 24.1 Å². The van der Waals surface area contributed by atoms with Crippen LogP contribution in [0.1, 0.15) is 31.9 Å². The van der Waals surface area contributed by atoms with E-state index in [9.17, 15) is 0 Å². The summed E-state index contributed by atoms with van der Waals surface area (Å²) in [5, 5.41) is 3.82. The van der Waals surface area contributed by atoms with Crippen LogP contribution in [0.5, 0.6) is 5.75 Å². The van der Waals surface area contributed by atoms with Crippen molar-refractivity contribution in [3.05, 3.63) is 28.8 Å². The first-order valence-electron chi connectivity index (χ1n) is 5.68. The highest BCUT2D eigenvalue weighted by Crippen LogP contribution is 2.27. The zero-order chi connectivity index (χ0) is 12.7. The molecule has 1 aromatic carbocycles. The molecule has 0 saturated carbocycles. The van der Waals surface area contributed by atoms with Crippen LogP contribution in [-0.4, -0.2) is 13.7 Å². The number of benzene rings is 1. The van der Waals surface area contributed by atoms with E-state index in [4.69, 9.17) is 16.3 Å². The van der Waals surface area contributed by atoms with Gasteiger partial charge in [-0.15, -0.1) is 11.8 Å². The third-order valence-electron chi connectivity index (χ3n) is 2.55. The van der Waals surface area contributed by atoms with Gasteiger partial charge < -0.3 is 10.1 Å². The minimum absolute atomic E-state index is 0.285. The monoisotopic (exact) mass is 251 g/mol. The van der Waals surface area contributed by atoms with Crippen molar-refractivity contribution < 1.29 is 4.74 Å². The van der Waals surface area contributed by atoms with Crippen LogP contribution in [0.2, 0.25) is 5.02 Å². The highest BCUT2D eigenvalue weighted by molar-refractivity contribution is 6.32. The fraction of sp³-hybridized carbons (Fsp3) is 0.429. The maximum Gasteiger partial charge on any atom is 0.137 e. The number of halogens is 1. The number of hydrogen-bond donors (Lipinski definition) is 1. The van der Waals surface area contributed by atoms with Crippen molar-refractivity contribution in [2.24, 2.45) is 0 Å². The summed E-state index contributed by atoms with van der Waals surface area (Å²) in [5.74, 6) is 6.50. The summed E-state index contributed by atoms with van der Waals surface area (Å²) in [5.41, 5.74) is 1.15. The van der Waals surface area contributed by atoms with E-state index in [1.807, 2.05) is 32.2 Å². The van der Waals surface area contributed by atoms with Gasteiger partial charge in [0.2, 0.25) is 0 Å². The molecule has 0 spiro atoms. The Morgan fingerprint density at radius 3 is 2.82 bits per heavy atom. The number of rotatable bonds is 5. The van der Waals surface area contributed by atoms with Crippen molar-refractivity contribution in [1.82, 2.24) is 5.32 Å². The molecule has 0 amide bonds. The van der Waals surface area contributed by atoms with Gasteiger partial charge in [-0.2, -0.15) is 0 Å². The first-order valence-corrected chi connectivity index (χ1v) is 6.06. The Kier molecular flexibility index (Phi) is 5.90. The standard InChI is InChI=1S/C14H18ClNO/c1-4-5-6-9-17-14-8-7-12(10-13(14)15)11(2)16-3/h7-8,10-11,16H,6,9H2,1-3H3. The van der Waals surface area contributed by atoms with Gasteiger partial charge in [0.1, 0.15) is 5.75 Å². The lowest BCUT2D eigenvalue weighted by Crippen LogP contribution is -2.12. The molecular weight excluding hydrogens is 234 g/mol. The lowest BCUT2D eigenvalue weighted by molar-refractivity contribution is 0.327. The van der Waals surface area contributed by atoms with E-state index in [0.29, 0.717) is 11.6 Å². The van der Waals surface area contributed by atoms with Crippen LogP contribution in [0.25, 0.3) is 0 Å². The molecule has 0 aliphatic carbocycles. The molecule has 1 atom stereocenters. The Bertz CT molecular complexity index is 420. The molecule has 1 aromatic rings. The SMILES string of the molecule is CC#CCCOc1ccc(C(C)NC)cc1Cl. The Balaban J connectivity index is 2.65. The minimum Gasteiger partial charge on any atom is -0.491 e. The molecule has 1 N–H and O–H groups in total. The molecule has 2 nitrogen and oxygen atoms in total. The summed E-state index contributed by atoms with van der Waals surface area (Å²) in [6.07, 6.45) is 0.724. The Morgan fingerprint density at radius 2 is 2.24 bits per heavy atom. The van der Waals surface area contributed by atoms with Gasteiger partial charge in [-0.3, -0.25) is 0 Å². The molecule has 0 aromatic heterocycles. The quantitative estimate of drug-likeness (QED) is 0.640. The van der Waals surface area contributed by atoms with Gasteiger partial charge in [0.05, 0.1) is 11.6 Å². The Morgan fingerprint density at radius 1 is 1.47 bits per heavy atom. The van der Waals surface area contributed by atoms with Gasteiger partial charge in [-0.1, -0.05) is 17.7 Å². The molecule has 0 bridgehead atoms. The average molecular weight is 252 g/mol. The van der Waals surface area contributed by atoms with Gasteiger partial charge in [0.25, 0.3) is 0 Å². The predicted octanol–water partition coefficient (Wildman–Crippen LogP) is 3.41. The minimum atomic E-state index is 0.285. The number of ether oxygens (including phenoxy) is 1. The molecule has 0 radical (unpaired) electrons. The molecule has 1 unspecified atom stereocenters. The summed E-state index contributed by atoms with van der Waals surface area (Å²) in [4.78, 5) is 0. The summed E-state index contributed by atoms with van der Waals surface area (Å²) >= 11 is 6.15. The normalized spacial score (nSPS) is 11.5. The van der Waals surface area contributed by atoms with Crippen LogP contribution >= 0.6 is 11.6 Å². The van der Waals surface area contributed by atoms with E-state index in [0.717, 1.165) is 17.7 Å². The number of hydrogen-bond acceptors (Lipinski definition) is 2. The molecule has 0 aliphatic rings. The van der Waals surface area contributed by atoms with Crippen molar-refractivity contribution in [3.63, 3.8) is 0 Å². The van der Waals surface area contributed by atoms with Gasteiger partial charge in [-0.05, 0) is 38.6 Å². The highest BCUT2D eigenvalue weighted by Gasteiger charge is 2.06. The molecule has 0 fully saturated rings. The largest absolute Gasteiger partial charge is 0.491 e. The van der Waals surface area contributed by atoms with Crippen LogP contribution < -0.4 is 10.1 Å². The molecule has 3 heteroatoms. The van der Waals surface area contributed by atoms with Crippen molar-refractivity contribution in [2.75, 3.05) is 13.7 Å². The molecule has 17 heavy (non-hydrogen) atoms. The summed E-state index contributed by atoms with van der Waals surface area (Å²) in [6.45, 7) is 4.48. The van der Waals surface area contributed by atoms with Crippen molar-refractivity contribution in [1.29, 1.82) is 0 Å². The van der Waals surface area contributed by atoms with Gasteiger partial charge in [-0.25, -0.2) is 0 Å². The van der Waals surface area contributed by atoms with Crippen molar-refractivity contribution >= 4 is 11.6 Å². The second-order valence-electron chi connectivity index (χ2n) is 3.73. The van der Waals surface area contributed by atoms with Crippen molar-refractivity contribution in [3.8, 4) is 17.6 Å². The van der Waals surface area contributed by atoms with Crippen LogP contribution in [0.3, 0.4) is 0 Å². The van der Waals surface area contributed by atoms with E-state index >= 15 is 0 Å². The van der Waals surface area contributed by atoms with Gasteiger partial charge in [0, 0.05) is 12.5 Å². The lowest BCUT2D eigenvalue weighted by Gasteiger charge is -2.13. The number of nitrogens with one attached hydrogen (secondary N) is 1. The summed E-state index contributed by atoms with van der Waals surface area (Å²) in [6, 6.07) is 6.15. The Labute approximate surface area is 108 Å². The van der Waals surface area contributed by atoms with E-state index < -0.39 is 0 Å². The maximum atomic E-state index is 6.15. The van der Waals surface area contributed by atoms with E-state index in [1.54, 1.807) is 0 Å². The van der Waals surface area contributed by atoms with Crippen LogP contribution in [-0.2, 0) is 0 Å². The predicted molar refractivity (Wildman–Crippen MR) is 72.5 cm³/mol. The fourth-order valence-corrected chi connectivity index (χ4v) is 1.65. The zero-order valence-electron chi connectivity index (χ0n) is 10.5. The topological polar surface area (TPSA) is 21.3 Å². The third-order valence-corrected chi connectivity index (χ3v) is 2.85. The summed E-state index contributed by atoms with van der Waals surface area (Å²) < 4.78 is 5.55. The van der Waals surface area contributed by atoms with Crippen LogP contribution in [0.4, 0.5) is 0 Å². The molecular formula is C14H18ClNO. The second-order valence-corrected chi connectivity index (χ2v) is 4.13. The van der Waals surface area contributed by atoms with Gasteiger partial charge >= 0.3 is 0 Å². The molecule has 0 heterocycles. The molecule has 1 rings (SSSR count). The van der Waals surface area contributed by atoms with Crippen LogP contribution in [0.15, 0.2) is 18.2 Å². The second kappa shape index (κ2) is 7.21. The fourth-order valence-electron chi connectivity index (χ4n) is 1.41. The maximum absolute atomic E-state index is 6.15. The zero-order valence-corrected chi connectivity index (χ0v) is 11.3. The highest BCUT2D eigenvalue weighted by atomic mass is 35.5. The summed E-state index contributed by atoms with van der Waals surface area (Å²) in [7, 11) is 1.92. The van der Waals surface area contributed by atoms with E-state index in [1.165, 1.54) is 0 Å². The van der Waals surface area contributed by atoms with Crippen molar-refractivity contribution in [2.45, 2.75) is 26.3 Å². The lowest BCUT2D eigenvalue weighted by atomic mass is 10.1. The molecule has 0 saturated heterocycles. The smallest absolute Gasteiger partial charge is 0.137 e. The third kappa shape index (κ3) is 4.30. The first-order chi connectivity index (χ1) is 8.19. The van der Waals surface area contributed by atoms with E-state index in [-0.39, 0.29) is 6.04 Å². The van der Waals surface area contributed by atoms with Gasteiger partial charge in [0.15, 0.2) is 0 Å². The molecule has 92 valence electrons.